The van der Waals surface area contributed by atoms with Crippen molar-refractivity contribution in [3.05, 3.63) is 17.5 Å². The molecule has 2 unspecified atom stereocenters. The van der Waals surface area contributed by atoms with Gasteiger partial charge in [-0.1, -0.05) is 6.92 Å². The number of carbonyl (C=O) groups excluding carboxylic acids is 1. The van der Waals surface area contributed by atoms with Crippen LogP contribution in [0.3, 0.4) is 0 Å². The maximum atomic E-state index is 11.6. The lowest BCUT2D eigenvalue weighted by Crippen LogP contribution is -2.41. The quantitative estimate of drug-likeness (QED) is 0.788. The minimum Gasteiger partial charge on any atom is -0.348 e. The molecule has 1 amide bonds. The summed E-state index contributed by atoms with van der Waals surface area (Å²) in [5.41, 5.74) is 7.73. The number of carbonyl (C=O) groups is 1. The van der Waals surface area contributed by atoms with Crippen LogP contribution in [0.15, 0.2) is 6.20 Å². The third-order valence-corrected chi connectivity index (χ3v) is 2.88. The largest absolute Gasteiger partial charge is 0.348 e. The summed E-state index contributed by atoms with van der Waals surface area (Å²) in [6.45, 7) is 5.80. The van der Waals surface area contributed by atoms with E-state index in [1.165, 1.54) is 0 Å². The zero-order chi connectivity index (χ0) is 12.3. The van der Waals surface area contributed by atoms with Crippen LogP contribution < -0.4 is 11.1 Å². The summed E-state index contributed by atoms with van der Waals surface area (Å²) in [6.07, 6.45) is 2.42. The van der Waals surface area contributed by atoms with Gasteiger partial charge < -0.3 is 11.1 Å². The zero-order valence-corrected chi connectivity index (χ0v) is 10.3. The molecule has 0 aliphatic carbocycles. The number of nitrogens with one attached hydrogen (secondary N) is 1. The van der Waals surface area contributed by atoms with Crippen molar-refractivity contribution in [3.8, 4) is 0 Å². The predicted molar refractivity (Wildman–Crippen MR) is 62.8 cm³/mol. The molecule has 1 heterocycles. The second-order valence-corrected chi connectivity index (χ2v) is 4.05. The van der Waals surface area contributed by atoms with Crippen molar-refractivity contribution in [1.29, 1.82) is 0 Å². The van der Waals surface area contributed by atoms with E-state index in [4.69, 9.17) is 5.73 Å². The first kappa shape index (κ1) is 12.7. The lowest BCUT2D eigenvalue weighted by Gasteiger charge is -2.16. The molecular formula is C11H20N4O. The average Bonchev–Trinajstić information content (AvgIpc) is 2.58. The van der Waals surface area contributed by atoms with E-state index in [9.17, 15) is 4.79 Å². The molecule has 16 heavy (non-hydrogen) atoms. The van der Waals surface area contributed by atoms with Crippen molar-refractivity contribution >= 4 is 5.91 Å². The Morgan fingerprint density at radius 1 is 1.69 bits per heavy atom. The SMILES string of the molecule is CCC(N)C(=O)NC(C)c1cnn(C)c1C. The monoisotopic (exact) mass is 224 g/mol. The first-order valence-electron chi connectivity index (χ1n) is 5.51. The van der Waals surface area contributed by atoms with Gasteiger partial charge in [-0.05, 0) is 20.3 Å². The number of nitrogens with two attached hydrogens (primary N) is 1. The molecule has 1 rings (SSSR count). The van der Waals surface area contributed by atoms with E-state index in [1.54, 1.807) is 10.9 Å². The fraction of sp³-hybridized carbons (Fsp3) is 0.636. The predicted octanol–water partition coefficient (Wildman–Crippen LogP) is 0.643. The molecule has 0 saturated carbocycles. The Morgan fingerprint density at radius 3 is 2.75 bits per heavy atom. The smallest absolute Gasteiger partial charge is 0.237 e. The van der Waals surface area contributed by atoms with Crippen LogP contribution >= 0.6 is 0 Å². The first-order chi connectivity index (χ1) is 7.47. The van der Waals surface area contributed by atoms with Gasteiger partial charge in [0.25, 0.3) is 0 Å². The highest BCUT2D eigenvalue weighted by atomic mass is 16.2. The van der Waals surface area contributed by atoms with Crippen LogP contribution in [0.1, 0.15) is 37.6 Å². The van der Waals surface area contributed by atoms with Gasteiger partial charge in [0.15, 0.2) is 0 Å². The van der Waals surface area contributed by atoms with E-state index in [-0.39, 0.29) is 11.9 Å². The summed E-state index contributed by atoms with van der Waals surface area (Å²) in [5.74, 6) is -0.113. The van der Waals surface area contributed by atoms with Crippen LogP contribution in [0.2, 0.25) is 0 Å². The normalized spacial score (nSPS) is 14.6. The molecule has 0 bridgehead atoms. The van der Waals surface area contributed by atoms with Crippen molar-refractivity contribution in [1.82, 2.24) is 15.1 Å². The number of aryl methyl sites for hydroxylation is 1. The summed E-state index contributed by atoms with van der Waals surface area (Å²) in [4.78, 5) is 11.6. The van der Waals surface area contributed by atoms with Crippen molar-refractivity contribution in [2.24, 2.45) is 12.8 Å². The third-order valence-electron chi connectivity index (χ3n) is 2.88. The molecule has 2 atom stereocenters. The fourth-order valence-corrected chi connectivity index (χ4v) is 1.52. The Balaban J connectivity index is 2.69. The molecule has 0 aliphatic heterocycles. The highest BCUT2D eigenvalue weighted by molar-refractivity contribution is 5.81. The fourth-order valence-electron chi connectivity index (χ4n) is 1.52. The van der Waals surface area contributed by atoms with Crippen molar-refractivity contribution in [2.75, 3.05) is 0 Å². The van der Waals surface area contributed by atoms with Crippen LogP contribution in [0.5, 0.6) is 0 Å². The summed E-state index contributed by atoms with van der Waals surface area (Å²) in [5, 5.41) is 7.03. The number of nitrogens with zero attached hydrogens (tertiary/aromatic N) is 2. The molecule has 1 aromatic heterocycles. The van der Waals surface area contributed by atoms with E-state index in [0.29, 0.717) is 6.42 Å². The van der Waals surface area contributed by atoms with Gasteiger partial charge in [-0.15, -0.1) is 0 Å². The highest BCUT2D eigenvalue weighted by Crippen LogP contribution is 2.15. The number of rotatable bonds is 4. The Labute approximate surface area is 96.0 Å². The third kappa shape index (κ3) is 2.61. The Morgan fingerprint density at radius 2 is 2.31 bits per heavy atom. The van der Waals surface area contributed by atoms with Gasteiger partial charge in [0, 0.05) is 18.3 Å². The van der Waals surface area contributed by atoms with Crippen molar-refractivity contribution in [3.63, 3.8) is 0 Å². The highest BCUT2D eigenvalue weighted by Gasteiger charge is 2.17. The van der Waals surface area contributed by atoms with Gasteiger partial charge in [-0.2, -0.15) is 5.10 Å². The first-order valence-corrected chi connectivity index (χ1v) is 5.51. The van der Waals surface area contributed by atoms with Crippen molar-refractivity contribution < 1.29 is 4.79 Å². The maximum Gasteiger partial charge on any atom is 0.237 e. The van der Waals surface area contributed by atoms with Crippen LogP contribution in [0.4, 0.5) is 0 Å². The van der Waals surface area contributed by atoms with Crippen LogP contribution in [0.25, 0.3) is 0 Å². The lowest BCUT2D eigenvalue weighted by atomic mass is 10.1. The van der Waals surface area contributed by atoms with Crippen LogP contribution in [-0.4, -0.2) is 21.7 Å². The van der Waals surface area contributed by atoms with Gasteiger partial charge in [-0.25, -0.2) is 0 Å². The molecule has 0 saturated heterocycles. The van der Waals surface area contributed by atoms with Crippen molar-refractivity contribution in [2.45, 2.75) is 39.3 Å². The molecule has 90 valence electrons. The Kier molecular flexibility index (Phi) is 4.06. The van der Waals surface area contributed by atoms with E-state index < -0.39 is 6.04 Å². The average molecular weight is 224 g/mol. The molecule has 1 aromatic rings. The molecule has 0 aliphatic rings. The van der Waals surface area contributed by atoms with E-state index >= 15 is 0 Å². The van der Waals surface area contributed by atoms with Crippen LogP contribution in [-0.2, 0) is 11.8 Å². The topological polar surface area (TPSA) is 72.9 Å². The van der Waals surface area contributed by atoms with Gasteiger partial charge >= 0.3 is 0 Å². The Bertz CT molecular complexity index is 372. The molecular weight excluding hydrogens is 204 g/mol. The second kappa shape index (κ2) is 5.12. The minimum absolute atomic E-state index is 0.0567. The molecule has 0 aromatic carbocycles. The molecule has 0 spiro atoms. The standard InChI is InChI=1S/C11H20N4O/c1-5-10(12)11(16)14-7(2)9-6-13-15(4)8(9)3/h6-7,10H,5,12H2,1-4H3,(H,14,16). The van der Waals surface area contributed by atoms with Gasteiger partial charge in [0.05, 0.1) is 18.3 Å². The van der Waals surface area contributed by atoms with Gasteiger partial charge in [-0.3, -0.25) is 9.48 Å². The molecule has 3 N–H and O–H groups in total. The van der Waals surface area contributed by atoms with E-state index in [1.807, 2.05) is 27.8 Å². The van der Waals surface area contributed by atoms with Crippen LogP contribution in [0, 0.1) is 6.92 Å². The molecule has 0 fully saturated rings. The van der Waals surface area contributed by atoms with Gasteiger partial charge in [0.1, 0.15) is 0 Å². The summed E-state index contributed by atoms with van der Waals surface area (Å²) in [7, 11) is 1.88. The van der Waals surface area contributed by atoms with E-state index in [0.717, 1.165) is 11.3 Å². The van der Waals surface area contributed by atoms with Gasteiger partial charge in [0.2, 0.25) is 5.91 Å². The molecule has 5 nitrogen and oxygen atoms in total. The number of hydrogen-bond acceptors (Lipinski definition) is 3. The van der Waals surface area contributed by atoms with E-state index in [2.05, 4.69) is 10.4 Å². The summed E-state index contributed by atoms with van der Waals surface area (Å²) in [6, 6.07) is -0.488. The Hall–Kier alpha value is -1.36. The number of hydrogen-bond donors (Lipinski definition) is 2. The molecule has 5 heteroatoms. The minimum atomic E-state index is -0.431. The summed E-state index contributed by atoms with van der Waals surface area (Å²) < 4.78 is 1.79. The number of aromatic nitrogens is 2. The summed E-state index contributed by atoms with van der Waals surface area (Å²) >= 11 is 0. The maximum absolute atomic E-state index is 11.6. The lowest BCUT2D eigenvalue weighted by molar-refractivity contribution is -0.123. The number of amides is 1. The zero-order valence-electron chi connectivity index (χ0n) is 10.3. The molecule has 0 radical (unpaired) electrons. The second-order valence-electron chi connectivity index (χ2n) is 4.05.